The summed E-state index contributed by atoms with van der Waals surface area (Å²) in [5.41, 5.74) is 5.73. The number of fused-ring (bicyclic) bond motifs is 3. The fourth-order valence-corrected chi connectivity index (χ4v) is 5.19. The van der Waals surface area contributed by atoms with Crippen molar-refractivity contribution in [3.8, 4) is 27.6 Å². The maximum absolute atomic E-state index is 5.06. The lowest BCUT2D eigenvalue weighted by molar-refractivity contribution is 1.01. The molecule has 0 spiro atoms. The normalized spacial score (nSPS) is 11.5. The van der Waals surface area contributed by atoms with Crippen molar-refractivity contribution in [2.24, 2.45) is 7.05 Å². The van der Waals surface area contributed by atoms with E-state index in [2.05, 4.69) is 108 Å². The summed E-state index contributed by atoms with van der Waals surface area (Å²) in [6.45, 7) is 2.14. The number of rotatable bonds is 3. The molecule has 0 aliphatic rings. The molecule has 0 saturated carbocycles. The summed E-state index contributed by atoms with van der Waals surface area (Å²) in [6.07, 6.45) is 2.17. The molecule has 0 aliphatic heterocycles. The summed E-state index contributed by atoms with van der Waals surface area (Å²) in [4.78, 5) is 7.54. The van der Waals surface area contributed by atoms with Crippen molar-refractivity contribution in [1.82, 2.24) is 14.1 Å². The van der Waals surface area contributed by atoms with Gasteiger partial charge >= 0.3 is 0 Å². The van der Waals surface area contributed by atoms with Crippen LogP contribution < -0.4 is 0 Å². The van der Waals surface area contributed by atoms with Gasteiger partial charge in [-0.1, -0.05) is 48.5 Å². The van der Waals surface area contributed by atoms with Crippen molar-refractivity contribution in [2.45, 2.75) is 6.92 Å². The number of hydrogen-bond acceptors (Lipinski definition) is 2. The van der Waals surface area contributed by atoms with Crippen LogP contribution >= 0.6 is 11.3 Å². The lowest BCUT2D eigenvalue weighted by atomic mass is 10.1. The van der Waals surface area contributed by atoms with E-state index < -0.39 is 0 Å². The first-order valence-corrected chi connectivity index (χ1v) is 11.2. The molecule has 3 aromatic heterocycles. The lowest BCUT2D eigenvalue weighted by Crippen LogP contribution is -1.96. The van der Waals surface area contributed by atoms with Crippen LogP contribution in [0.3, 0.4) is 0 Å². The Bertz CT molecular complexity index is 1550. The summed E-state index contributed by atoms with van der Waals surface area (Å²) in [6, 6.07) is 30.0. The monoisotopic (exact) mass is 419 g/mol. The summed E-state index contributed by atoms with van der Waals surface area (Å²) >= 11 is 1.78. The average Bonchev–Trinajstić information content (AvgIpc) is 3.51. The molecule has 0 N–H and O–H groups in total. The number of imidazole rings is 1. The standard InChI is InChI=1S/C27H21N3S/c1-18-12-15-26(31-18)23-17-30(27(28-23)19-8-4-3-5-9-19)20-13-14-25-22(16-20)21-10-6-7-11-24(21)29(25)2/h3-17H,1-2H3. The van der Waals surface area contributed by atoms with Crippen molar-refractivity contribution in [2.75, 3.05) is 0 Å². The van der Waals surface area contributed by atoms with Gasteiger partial charge < -0.3 is 4.57 Å². The van der Waals surface area contributed by atoms with Crippen LogP contribution in [0.25, 0.3) is 49.5 Å². The first-order valence-electron chi connectivity index (χ1n) is 10.4. The van der Waals surface area contributed by atoms with Crippen molar-refractivity contribution in [1.29, 1.82) is 0 Å². The summed E-state index contributed by atoms with van der Waals surface area (Å²) in [5.74, 6) is 0.959. The molecule has 150 valence electrons. The average molecular weight is 420 g/mol. The zero-order valence-corrected chi connectivity index (χ0v) is 18.2. The molecule has 3 nitrogen and oxygen atoms in total. The highest BCUT2D eigenvalue weighted by atomic mass is 32.1. The highest BCUT2D eigenvalue weighted by Gasteiger charge is 2.16. The van der Waals surface area contributed by atoms with Gasteiger partial charge in [-0.3, -0.25) is 4.57 Å². The summed E-state index contributed by atoms with van der Waals surface area (Å²) in [5, 5.41) is 2.54. The molecule has 0 fully saturated rings. The Morgan fingerprint density at radius 3 is 2.35 bits per heavy atom. The molecule has 3 aromatic carbocycles. The topological polar surface area (TPSA) is 22.8 Å². The number of thiophene rings is 1. The first kappa shape index (κ1) is 18.2. The predicted octanol–water partition coefficient (Wildman–Crippen LogP) is 7.22. The van der Waals surface area contributed by atoms with Gasteiger partial charge in [0.25, 0.3) is 0 Å². The quantitative estimate of drug-likeness (QED) is 0.297. The third-order valence-electron chi connectivity index (χ3n) is 5.91. The van der Waals surface area contributed by atoms with E-state index in [-0.39, 0.29) is 0 Å². The highest BCUT2D eigenvalue weighted by molar-refractivity contribution is 7.15. The van der Waals surface area contributed by atoms with Gasteiger partial charge in [-0.2, -0.15) is 0 Å². The van der Waals surface area contributed by atoms with Crippen molar-refractivity contribution >= 4 is 33.1 Å². The molecule has 6 aromatic rings. The predicted molar refractivity (Wildman–Crippen MR) is 131 cm³/mol. The second-order valence-electron chi connectivity index (χ2n) is 7.87. The maximum Gasteiger partial charge on any atom is 0.145 e. The van der Waals surface area contributed by atoms with E-state index in [9.17, 15) is 0 Å². The number of aryl methyl sites for hydroxylation is 2. The zero-order valence-electron chi connectivity index (χ0n) is 17.4. The number of hydrogen-bond donors (Lipinski definition) is 0. The Morgan fingerprint density at radius 2 is 1.55 bits per heavy atom. The van der Waals surface area contributed by atoms with Crippen LogP contribution in [-0.4, -0.2) is 14.1 Å². The zero-order chi connectivity index (χ0) is 20.9. The molecule has 0 saturated heterocycles. The molecule has 0 amide bonds. The summed E-state index contributed by atoms with van der Waals surface area (Å²) < 4.78 is 4.49. The maximum atomic E-state index is 5.06. The van der Waals surface area contributed by atoms with Crippen LogP contribution in [0, 0.1) is 6.92 Å². The van der Waals surface area contributed by atoms with E-state index in [1.165, 1.54) is 31.6 Å². The number of nitrogens with zero attached hydrogens (tertiary/aromatic N) is 3. The Hall–Kier alpha value is -3.63. The molecule has 4 heteroatoms. The Labute approximate surface area is 184 Å². The molecule has 6 rings (SSSR count). The Kier molecular flexibility index (Phi) is 4.08. The van der Waals surface area contributed by atoms with Crippen molar-refractivity contribution < 1.29 is 0 Å². The van der Waals surface area contributed by atoms with Gasteiger partial charge in [0.05, 0.1) is 10.6 Å². The summed E-state index contributed by atoms with van der Waals surface area (Å²) in [7, 11) is 2.13. The van der Waals surface area contributed by atoms with Gasteiger partial charge in [0.1, 0.15) is 5.82 Å². The Morgan fingerprint density at radius 1 is 0.774 bits per heavy atom. The van der Waals surface area contributed by atoms with Crippen LogP contribution in [0.5, 0.6) is 0 Å². The fourth-order valence-electron chi connectivity index (χ4n) is 4.36. The minimum Gasteiger partial charge on any atom is -0.344 e. The largest absolute Gasteiger partial charge is 0.344 e. The molecular formula is C27H21N3S. The smallest absolute Gasteiger partial charge is 0.145 e. The third-order valence-corrected chi connectivity index (χ3v) is 6.93. The molecule has 0 atom stereocenters. The van der Waals surface area contributed by atoms with Crippen LogP contribution in [0.1, 0.15) is 4.88 Å². The molecule has 0 unspecified atom stereocenters. The van der Waals surface area contributed by atoms with Crippen molar-refractivity contribution in [3.63, 3.8) is 0 Å². The van der Waals surface area contributed by atoms with Crippen molar-refractivity contribution in [3.05, 3.63) is 96.0 Å². The van der Waals surface area contributed by atoms with E-state index >= 15 is 0 Å². The molecule has 3 heterocycles. The highest BCUT2D eigenvalue weighted by Crippen LogP contribution is 2.34. The van der Waals surface area contributed by atoms with Gasteiger partial charge in [0.2, 0.25) is 0 Å². The molecular weight excluding hydrogens is 398 g/mol. The number of para-hydroxylation sites is 1. The van der Waals surface area contributed by atoms with E-state index in [1.54, 1.807) is 11.3 Å². The SMILES string of the molecule is Cc1ccc(-c2cn(-c3ccc4c(c3)c3ccccc3n4C)c(-c3ccccc3)n2)s1. The van der Waals surface area contributed by atoms with E-state index in [4.69, 9.17) is 4.98 Å². The minimum absolute atomic E-state index is 0.959. The third kappa shape index (κ3) is 2.91. The van der Waals surface area contributed by atoms with Crippen LogP contribution in [0.15, 0.2) is 91.1 Å². The molecule has 0 aliphatic carbocycles. The first-order chi connectivity index (χ1) is 15.2. The van der Waals surface area contributed by atoms with E-state index in [1.807, 2.05) is 6.07 Å². The van der Waals surface area contributed by atoms with Crippen LogP contribution in [0.4, 0.5) is 0 Å². The molecule has 0 bridgehead atoms. The van der Waals surface area contributed by atoms with Gasteiger partial charge in [-0.05, 0) is 43.3 Å². The van der Waals surface area contributed by atoms with Gasteiger partial charge in [-0.15, -0.1) is 11.3 Å². The fraction of sp³-hybridized carbons (Fsp3) is 0.0741. The van der Waals surface area contributed by atoms with Crippen LogP contribution in [0.2, 0.25) is 0 Å². The van der Waals surface area contributed by atoms with Crippen LogP contribution in [-0.2, 0) is 7.05 Å². The molecule has 0 radical (unpaired) electrons. The Balaban J connectivity index is 1.60. The minimum atomic E-state index is 0.959. The van der Waals surface area contributed by atoms with Gasteiger partial charge in [-0.25, -0.2) is 4.98 Å². The molecule has 31 heavy (non-hydrogen) atoms. The van der Waals surface area contributed by atoms with E-state index in [0.717, 1.165) is 22.8 Å². The van der Waals surface area contributed by atoms with Gasteiger partial charge in [0, 0.05) is 51.2 Å². The number of aromatic nitrogens is 3. The number of benzene rings is 3. The van der Waals surface area contributed by atoms with Gasteiger partial charge in [0.15, 0.2) is 0 Å². The second kappa shape index (κ2) is 6.96. The lowest BCUT2D eigenvalue weighted by Gasteiger charge is -2.08. The van der Waals surface area contributed by atoms with E-state index in [0.29, 0.717) is 0 Å². The second-order valence-corrected chi connectivity index (χ2v) is 9.16.